The maximum atomic E-state index is 11.7. The normalized spacial score (nSPS) is 19.2. The fourth-order valence-electron chi connectivity index (χ4n) is 1.86. The third kappa shape index (κ3) is 3.53. The van der Waals surface area contributed by atoms with Crippen LogP contribution in [0.25, 0.3) is 0 Å². The predicted molar refractivity (Wildman–Crippen MR) is 64.9 cm³/mol. The Bertz CT molecular complexity index is 352. The van der Waals surface area contributed by atoms with E-state index in [9.17, 15) is 14.4 Å². The van der Waals surface area contributed by atoms with Gasteiger partial charge in [0, 0.05) is 13.1 Å². The van der Waals surface area contributed by atoms with Crippen molar-refractivity contribution in [3.63, 3.8) is 0 Å². The number of ether oxygens (including phenoxy) is 1. The molecule has 0 bridgehead atoms. The maximum absolute atomic E-state index is 11.7. The van der Waals surface area contributed by atoms with Gasteiger partial charge in [0.2, 0.25) is 5.91 Å². The lowest BCUT2D eigenvalue weighted by atomic mass is 9.98. The van der Waals surface area contributed by atoms with Gasteiger partial charge in [0.1, 0.15) is 6.42 Å². The van der Waals surface area contributed by atoms with Gasteiger partial charge < -0.3 is 10.1 Å². The van der Waals surface area contributed by atoms with Crippen LogP contribution in [0.15, 0.2) is 0 Å². The van der Waals surface area contributed by atoms with E-state index in [1.165, 1.54) is 0 Å². The van der Waals surface area contributed by atoms with Gasteiger partial charge in [-0.15, -0.1) is 0 Å². The van der Waals surface area contributed by atoms with Crippen molar-refractivity contribution in [3.8, 4) is 0 Å². The van der Waals surface area contributed by atoms with Gasteiger partial charge in [-0.25, -0.2) is 0 Å². The number of amides is 1. The van der Waals surface area contributed by atoms with Crippen LogP contribution in [0.4, 0.5) is 0 Å². The van der Waals surface area contributed by atoms with Crippen LogP contribution in [0.5, 0.6) is 0 Å². The molecule has 0 aromatic heterocycles. The summed E-state index contributed by atoms with van der Waals surface area (Å²) in [4.78, 5) is 36.4. The first-order valence-electron chi connectivity index (χ1n) is 6.08. The van der Waals surface area contributed by atoms with E-state index in [1.54, 1.807) is 25.7 Å². The average molecular weight is 256 g/mol. The topological polar surface area (TPSA) is 75.7 Å². The van der Waals surface area contributed by atoms with Crippen molar-refractivity contribution in [2.75, 3.05) is 26.2 Å². The van der Waals surface area contributed by atoms with Crippen LogP contribution in [0, 0.1) is 0 Å². The highest BCUT2D eigenvalue weighted by Crippen LogP contribution is 2.17. The summed E-state index contributed by atoms with van der Waals surface area (Å²) in [7, 11) is 0. The second-order valence-corrected chi connectivity index (χ2v) is 4.76. The smallest absolute Gasteiger partial charge is 0.313 e. The highest BCUT2D eigenvalue weighted by Gasteiger charge is 2.38. The molecule has 1 aliphatic rings. The predicted octanol–water partition coefficient (Wildman–Crippen LogP) is -0.281. The first-order chi connectivity index (χ1) is 8.37. The Morgan fingerprint density at radius 2 is 2.11 bits per heavy atom. The molecular weight excluding hydrogens is 236 g/mol. The fourth-order valence-corrected chi connectivity index (χ4v) is 1.86. The zero-order valence-corrected chi connectivity index (χ0v) is 11.1. The minimum absolute atomic E-state index is 0.0965. The molecule has 102 valence electrons. The summed E-state index contributed by atoms with van der Waals surface area (Å²) in [5.41, 5.74) is -0.720. The number of esters is 1. The number of carbonyl (C=O) groups excluding carboxylic acids is 3. The van der Waals surface area contributed by atoms with Crippen molar-refractivity contribution < 1.29 is 19.1 Å². The molecule has 1 rings (SSSR count). The molecule has 18 heavy (non-hydrogen) atoms. The SMILES string of the molecule is CCOC(=O)CC(=O)CN1CCNC(=O)C1(C)C. The Morgan fingerprint density at radius 1 is 1.44 bits per heavy atom. The van der Waals surface area contributed by atoms with Gasteiger partial charge in [-0.1, -0.05) is 0 Å². The van der Waals surface area contributed by atoms with Gasteiger partial charge in [0.25, 0.3) is 0 Å². The number of nitrogens with one attached hydrogen (secondary N) is 1. The molecule has 6 heteroatoms. The maximum Gasteiger partial charge on any atom is 0.313 e. The van der Waals surface area contributed by atoms with Crippen LogP contribution < -0.4 is 5.32 Å². The molecular formula is C12H20N2O4. The lowest BCUT2D eigenvalue weighted by molar-refractivity contribution is -0.146. The Kier molecular flexibility index (Phi) is 4.84. The van der Waals surface area contributed by atoms with Crippen LogP contribution in [-0.2, 0) is 19.1 Å². The lowest BCUT2D eigenvalue weighted by Crippen LogP contribution is -2.62. The highest BCUT2D eigenvalue weighted by atomic mass is 16.5. The third-order valence-corrected chi connectivity index (χ3v) is 3.03. The van der Waals surface area contributed by atoms with E-state index in [2.05, 4.69) is 5.32 Å². The molecule has 0 spiro atoms. The van der Waals surface area contributed by atoms with Crippen LogP contribution >= 0.6 is 0 Å². The number of carbonyl (C=O) groups is 3. The molecule has 1 aliphatic heterocycles. The minimum atomic E-state index is -0.720. The Hall–Kier alpha value is -1.43. The summed E-state index contributed by atoms with van der Waals surface area (Å²) >= 11 is 0. The molecule has 1 fully saturated rings. The molecule has 0 unspecified atom stereocenters. The Labute approximate surface area is 107 Å². The molecule has 0 aromatic rings. The average Bonchev–Trinajstić information content (AvgIpc) is 2.25. The second kappa shape index (κ2) is 5.95. The molecule has 6 nitrogen and oxygen atoms in total. The summed E-state index contributed by atoms with van der Waals surface area (Å²) in [6.45, 7) is 6.71. The molecule has 0 atom stereocenters. The number of ketones is 1. The second-order valence-electron chi connectivity index (χ2n) is 4.76. The number of nitrogens with zero attached hydrogens (tertiary/aromatic N) is 1. The Balaban J connectivity index is 2.53. The van der Waals surface area contributed by atoms with E-state index in [0.717, 1.165) is 0 Å². The standard InChI is InChI=1S/C12H20N2O4/c1-4-18-10(16)7-9(15)8-14-6-5-13-11(17)12(14,2)3/h4-8H2,1-3H3,(H,13,17). The lowest BCUT2D eigenvalue weighted by Gasteiger charge is -2.40. The summed E-state index contributed by atoms with van der Waals surface area (Å²) in [5, 5.41) is 2.75. The van der Waals surface area contributed by atoms with E-state index in [0.29, 0.717) is 13.1 Å². The van der Waals surface area contributed by atoms with Crippen LogP contribution in [-0.4, -0.2) is 54.3 Å². The summed E-state index contributed by atoms with van der Waals surface area (Å²) in [5.74, 6) is -0.837. The van der Waals surface area contributed by atoms with E-state index in [4.69, 9.17) is 4.74 Å². The van der Waals surface area contributed by atoms with Crippen LogP contribution in [0.2, 0.25) is 0 Å². The molecule has 1 heterocycles. The molecule has 1 amide bonds. The number of rotatable bonds is 5. The first-order valence-corrected chi connectivity index (χ1v) is 6.08. The van der Waals surface area contributed by atoms with Gasteiger partial charge in [0.05, 0.1) is 18.7 Å². The number of hydrogen-bond donors (Lipinski definition) is 1. The Morgan fingerprint density at radius 3 is 2.72 bits per heavy atom. The van der Waals surface area contributed by atoms with Crippen molar-refractivity contribution >= 4 is 17.7 Å². The van der Waals surface area contributed by atoms with Gasteiger partial charge in [-0.2, -0.15) is 0 Å². The van der Waals surface area contributed by atoms with Crippen molar-refractivity contribution in [2.45, 2.75) is 32.7 Å². The third-order valence-electron chi connectivity index (χ3n) is 3.03. The van der Waals surface area contributed by atoms with Crippen molar-refractivity contribution in [1.82, 2.24) is 10.2 Å². The van der Waals surface area contributed by atoms with Gasteiger partial charge in [0.15, 0.2) is 5.78 Å². The zero-order valence-electron chi connectivity index (χ0n) is 11.1. The summed E-state index contributed by atoms with van der Waals surface area (Å²) in [6.07, 6.45) is -0.234. The van der Waals surface area contributed by atoms with Crippen molar-refractivity contribution in [1.29, 1.82) is 0 Å². The van der Waals surface area contributed by atoms with Crippen molar-refractivity contribution in [3.05, 3.63) is 0 Å². The summed E-state index contributed by atoms with van der Waals surface area (Å²) < 4.78 is 4.72. The minimum Gasteiger partial charge on any atom is -0.466 e. The molecule has 1 saturated heterocycles. The van der Waals surface area contributed by atoms with Crippen LogP contribution in [0.3, 0.4) is 0 Å². The van der Waals surface area contributed by atoms with Crippen molar-refractivity contribution in [2.24, 2.45) is 0 Å². The number of Topliss-reactive ketones (excluding diaryl/α,β-unsaturated/α-hetero) is 1. The zero-order chi connectivity index (χ0) is 13.8. The van der Waals surface area contributed by atoms with Crippen LogP contribution in [0.1, 0.15) is 27.2 Å². The summed E-state index contributed by atoms with van der Waals surface area (Å²) in [6, 6.07) is 0. The molecule has 0 aliphatic carbocycles. The number of piperazine rings is 1. The van der Waals surface area contributed by atoms with E-state index in [-0.39, 0.29) is 31.3 Å². The van der Waals surface area contributed by atoms with E-state index in [1.807, 2.05) is 0 Å². The molecule has 0 saturated carbocycles. The molecule has 0 aromatic carbocycles. The van der Waals surface area contributed by atoms with Gasteiger partial charge in [-0.05, 0) is 20.8 Å². The molecule has 1 N–H and O–H groups in total. The van der Waals surface area contributed by atoms with E-state index < -0.39 is 11.5 Å². The quantitative estimate of drug-likeness (QED) is 0.541. The monoisotopic (exact) mass is 256 g/mol. The largest absolute Gasteiger partial charge is 0.466 e. The van der Waals surface area contributed by atoms with Gasteiger partial charge >= 0.3 is 5.97 Å². The first kappa shape index (κ1) is 14.6. The molecule has 0 radical (unpaired) electrons. The number of hydrogen-bond acceptors (Lipinski definition) is 5. The highest BCUT2D eigenvalue weighted by molar-refractivity contribution is 5.97. The van der Waals surface area contributed by atoms with E-state index >= 15 is 0 Å². The fraction of sp³-hybridized carbons (Fsp3) is 0.750. The van der Waals surface area contributed by atoms with Gasteiger partial charge in [-0.3, -0.25) is 19.3 Å².